The minimum atomic E-state index is -0.555. The van der Waals surface area contributed by atoms with Crippen molar-refractivity contribution in [3.63, 3.8) is 0 Å². The van der Waals surface area contributed by atoms with E-state index in [0.717, 1.165) is 0 Å². The monoisotopic (exact) mass is 325 g/mol. The first-order valence-corrected chi connectivity index (χ1v) is 6.10. The van der Waals surface area contributed by atoms with Crippen LogP contribution in [0.25, 0.3) is 0 Å². The highest BCUT2D eigenvalue weighted by Crippen LogP contribution is 2.33. The van der Waals surface area contributed by atoms with Gasteiger partial charge >= 0.3 is 0 Å². The van der Waals surface area contributed by atoms with E-state index in [-0.39, 0.29) is 10.8 Å². The fraction of sp³-hybridized carbons (Fsp3) is 0. The van der Waals surface area contributed by atoms with Gasteiger partial charge < -0.3 is 4.74 Å². The lowest BCUT2D eigenvalue weighted by Crippen LogP contribution is -1.90. The zero-order valence-corrected chi connectivity index (χ0v) is 11.3. The number of hydrogen-bond acceptors (Lipinski definition) is 2. The molecule has 0 N–H and O–H groups in total. The van der Waals surface area contributed by atoms with E-state index in [2.05, 4.69) is 15.9 Å². The van der Waals surface area contributed by atoms with E-state index in [0.29, 0.717) is 15.8 Å². The Morgan fingerprint density at radius 3 is 2.72 bits per heavy atom. The van der Waals surface area contributed by atoms with E-state index in [4.69, 9.17) is 21.6 Å². The summed E-state index contributed by atoms with van der Waals surface area (Å²) in [5.74, 6) is -0.268. The molecule has 0 saturated heterocycles. The minimum absolute atomic E-state index is 0.0545. The molecule has 18 heavy (non-hydrogen) atoms. The minimum Gasteiger partial charge on any atom is -0.453 e. The van der Waals surface area contributed by atoms with Crippen molar-refractivity contribution >= 4 is 27.5 Å². The summed E-state index contributed by atoms with van der Waals surface area (Å²) < 4.78 is 19.6. The zero-order valence-electron chi connectivity index (χ0n) is 8.95. The van der Waals surface area contributed by atoms with E-state index in [1.165, 1.54) is 24.3 Å². The molecule has 0 radical (unpaired) electrons. The van der Waals surface area contributed by atoms with Crippen molar-refractivity contribution in [3.05, 3.63) is 57.3 Å². The molecule has 0 aliphatic heterocycles. The number of ether oxygens (including phenoxy) is 1. The summed E-state index contributed by atoms with van der Waals surface area (Å²) in [7, 11) is 0. The molecule has 0 bridgehead atoms. The number of nitriles is 1. The van der Waals surface area contributed by atoms with Crippen molar-refractivity contribution in [3.8, 4) is 17.6 Å². The SMILES string of the molecule is N#Cc1cc(Br)cc(Oc2c(F)cccc2Cl)c1. The largest absolute Gasteiger partial charge is 0.453 e. The maximum absolute atomic E-state index is 13.5. The molecule has 2 nitrogen and oxygen atoms in total. The van der Waals surface area contributed by atoms with Gasteiger partial charge in [-0.1, -0.05) is 33.6 Å². The Morgan fingerprint density at radius 1 is 1.28 bits per heavy atom. The maximum atomic E-state index is 13.5. The fourth-order valence-corrected chi connectivity index (χ4v) is 2.06. The Bertz CT molecular complexity index is 619. The van der Waals surface area contributed by atoms with E-state index < -0.39 is 5.82 Å². The van der Waals surface area contributed by atoms with Crippen LogP contribution in [0.3, 0.4) is 0 Å². The van der Waals surface area contributed by atoms with Crippen molar-refractivity contribution in [1.29, 1.82) is 5.26 Å². The number of halogens is 3. The van der Waals surface area contributed by atoms with Crippen LogP contribution in [0.2, 0.25) is 5.02 Å². The highest BCUT2D eigenvalue weighted by Gasteiger charge is 2.10. The topological polar surface area (TPSA) is 33.0 Å². The van der Waals surface area contributed by atoms with Gasteiger partial charge in [0.15, 0.2) is 11.6 Å². The highest BCUT2D eigenvalue weighted by molar-refractivity contribution is 9.10. The van der Waals surface area contributed by atoms with E-state index in [1.807, 2.05) is 6.07 Å². The average molecular weight is 327 g/mol. The number of benzene rings is 2. The Kier molecular flexibility index (Phi) is 3.85. The lowest BCUT2D eigenvalue weighted by Gasteiger charge is -2.09. The molecule has 0 fully saturated rings. The van der Waals surface area contributed by atoms with Gasteiger partial charge in [0.1, 0.15) is 5.75 Å². The molecular weight excluding hydrogens is 321 g/mol. The molecule has 0 aromatic heterocycles. The third kappa shape index (κ3) is 2.81. The van der Waals surface area contributed by atoms with Gasteiger partial charge in [0.25, 0.3) is 0 Å². The Labute approximate surface area is 117 Å². The second-order valence-electron chi connectivity index (χ2n) is 3.44. The van der Waals surface area contributed by atoms with Gasteiger partial charge in [-0.05, 0) is 30.3 Å². The van der Waals surface area contributed by atoms with Gasteiger partial charge in [0.05, 0.1) is 16.7 Å². The third-order valence-corrected chi connectivity index (χ3v) is 2.89. The van der Waals surface area contributed by atoms with E-state index >= 15 is 0 Å². The summed E-state index contributed by atoms with van der Waals surface area (Å²) in [6, 6.07) is 11.0. The first-order chi connectivity index (χ1) is 8.60. The number of rotatable bonds is 2. The summed E-state index contributed by atoms with van der Waals surface area (Å²) in [5, 5.41) is 9.01. The molecule has 5 heteroatoms. The molecule has 2 aromatic carbocycles. The van der Waals surface area contributed by atoms with Crippen LogP contribution in [0.4, 0.5) is 4.39 Å². The van der Waals surface area contributed by atoms with Crippen molar-refractivity contribution in [2.75, 3.05) is 0 Å². The molecule has 0 aliphatic carbocycles. The number of para-hydroxylation sites is 1. The molecule has 0 spiro atoms. The normalized spacial score (nSPS) is 9.89. The lowest BCUT2D eigenvalue weighted by molar-refractivity contribution is 0.442. The van der Waals surface area contributed by atoms with Gasteiger partial charge in [-0.3, -0.25) is 0 Å². The van der Waals surface area contributed by atoms with Crippen LogP contribution in [-0.2, 0) is 0 Å². The maximum Gasteiger partial charge on any atom is 0.181 e. The molecule has 0 unspecified atom stereocenters. The molecule has 90 valence electrons. The highest BCUT2D eigenvalue weighted by atomic mass is 79.9. The van der Waals surface area contributed by atoms with Crippen LogP contribution in [-0.4, -0.2) is 0 Å². The average Bonchev–Trinajstić information content (AvgIpc) is 2.33. The quantitative estimate of drug-likeness (QED) is 0.786. The Balaban J connectivity index is 2.40. The third-order valence-electron chi connectivity index (χ3n) is 2.14. The fourth-order valence-electron chi connectivity index (χ4n) is 1.38. The van der Waals surface area contributed by atoms with E-state index in [1.54, 1.807) is 12.1 Å². The van der Waals surface area contributed by atoms with Crippen molar-refractivity contribution in [2.45, 2.75) is 0 Å². The predicted octanol–water partition coefficient (Wildman–Crippen LogP) is 4.91. The van der Waals surface area contributed by atoms with Crippen LogP contribution < -0.4 is 4.74 Å². The molecule has 2 rings (SSSR count). The van der Waals surface area contributed by atoms with E-state index in [9.17, 15) is 4.39 Å². The van der Waals surface area contributed by atoms with Gasteiger partial charge in [0.2, 0.25) is 0 Å². The molecule has 0 heterocycles. The molecular formula is C13H6BrClFNO. The van der Waals surface area contributed by atoms with Gasteiger partial charge in [0, 0.05) is 4.47 Å². The lowest BCUT2D eigenvalue weighted by atomic mass is 10.2. The van der Waals surface area contributed by atoms with Gasteiger partial charge in [-0.2, -0.15) is 5.26 Å². The first kappa shape index (κ1) is 12.9. The second-order valence-corrected chi connectivity index (χ2v) is 4.76. The van der Waals surface area contributed by atoms with Crippen molar-refractivity contribution in [2.24, 2.45) is 0 Å². The molecule has 2 aromatic rings. The molecule has 0 aliphatic rings. The molecule has 0 amide bonds. The zero-order chi connectivity index (χ0) is 13.1. The van der Waals surface area contributed by atoms with Crippen LogP contribution >= 0.6 is 27.5 Å². The van der Waals surface area contributed by atoms with Crippen LogP contribution in [0, 0.1) is 17.1 Å². The van der Waals surface area contributed by atoms with Crippen molar-refractivity contribution < 1.29 is 9.13 Å². The summed E-state index contributed by atoms with van der Waals surface area (Å²) in [4.78, 5) is 0. The Hall–Kier alpha value is -1.57. The predicted molar refractivity (Wildman–Crippen MR) is 70.3 cm³/mol. The molecule has 0 saturated carbocycles. The first-order valence-electron chi connectivity index (χ1n) is 4.92. The van der Waals surface area contributed by atoms with Crippen molar-refractivity contribution in [1.82, 2.24) is 0 Å². The summed E-state index contributed by atoms with van der Waals surface area (Å²) in [6.45, 7) is 0. The number of nitrogens with zero attached hydrogens (tertiary/aromatic N) is 1. The van der Waals surface area contributed by atoms with Gasteiger partial charge in [-0.15, -0.1) is 0 Å². The van der Waals surface area contributed by atoms with Gasteiger partial charge in [-0.25, -0.2) is 4.39 Å². The summed E-state index contributed by atoms with van der Waals surface area (Å²) in [5.41, 5.74) is 0.409. The summed E-state index contributed by atoms with van der Waals surface area (Å²) in [6.07, 6.45) is 0. The molecule has 0 atom stereocenters. The smallest absolute Gasteiger partial charge is 0.181 e. The Morgan fingerprint density at radius 2 is 2.06 bits per heavy atom. The van der Waals surface area contributed by atoms with Crippen LogP contribution in [0.1, 0.15) is 5.56 Å². The number of hydrogen-bond donors (Lipinski definition) is 0. The van der Waals surface area contributed by atoms with Crippen LogP contribution in [0.5, 0.6) is 11.5 Å². The standard InChI is InChI=1S/C13H6BrClFNO/c14-9-4-8(7-17)5-10(6-9)18-13-11(15)2-1-3-12(13)16/h1-6H. The summed E-state index contributed by atoms with van der Waals surface area (Å²) >= 11 is 9.10. The van der Waals surface area contributed by atoms with Crippen LogP contribution in [0.15, 0.2) is 40.9 Å². The second kappa shape index (κ2) is 5.38.